The summed E-state index contributed by atoms with van der Waals surface area (Å²) in [6.07, 6.45) is 0. The smallest absolute Gasteiger partial charge is 0.341 e. The Labute approximate surface area is 90.0 Å². The lowest BCUT2D eigenvalue weighted by molar-refractivity contribution is 0.589. The van der Waals surface area contributed by atoms with E-state index in [0.29, 0.717) is 5.92 Å². The molecule has 1 aromatic rings. The molecule has 0 unspecified atom stereocenters. The zero-order chi connectivity index (χ0) is 10.9. The standard InChI is InChI=1S/C12H17OSi/c1-7(2)11-9(4)6-8(3)10(5)12(11)13-14/h6-7H,1-5H3. The molecule has 0 heterocycles. The Hall–Kier alpha value is -0.763. The minimum absolute atomic E-state index is 0.487. The van der Waals surface area contributed by atoms with Gasteiger partial charge in [0.05, 0.1) is 0 Å². The third-order valence-electron chi connectivity index (χ3n) is 2.71. The van der Waals surface area contributed by atoms with E-state index in [1.807, 2.05) is 0 Å². The molecule has 0 saturated heterocycles. The van der Waals surface area contributed by atoms with Gasteiger partial charge in [0.1, 0.15) is 5.75 Å². The van der Waals surface area contributed by atoms with Crippen LogP contribution in [0.15, 0.2) is 6.07 Å². The quantitative estimate of drug-likeness (QED) is 0.674. The molecule has 0 amide bonds. The van der Waals surface area contributed by atoms with Gasteiger partial charge < -0.3 is 4.43 Å². The van der Waals surface area contributed by atoms with Gasteiger partial charge in [0, 0.05) is 0 Å². The summed E-state index contributed by atoms with van der Waals surface area (Å²) < 4.78 is 5.30. The molecule has 0 fully saturated rings. The Morgan fingerprint density at radius 1 is 1.14 bits per heavy atom. The highest BCUT2D eigenvalue weighted by atomic mass is 28.2. The van der Waals surface area contributed by atoms with Gasteiger partial charge in [-0.15, -0.1) is 0 Å². The third kappa shape index (κ3) is 1.85. The number of rotatable bonds is 2. The summed E-state index contributed by atoms with van der Waals surface area (Å²) in [7, 11) is 3.15. The molecule has 0 aliphatic rings. The maximum Gasteiger partial charge on any atom is 0.341 e. The molecule has 0 spiro atoms. The highest BCUT2D eigenvalue weighted by Gasteiger charge is 2.14. The van der Waals surface area contributed by atoms with Crippen LogP contribution in [0.4, 0.5) is 0 Å². The first-order valence-electron chi connectivity index (χ1n) is 4.93. The number of hydrogen-bond acceptors (Lipinski definition) is 1. The second-order valence-corrected chi connectivity index (χ2v) is 4.34. The van der Waals surface area contributed by atoms with Gasteiger partial charge in [-0.25, -0.2) is 0 Å². The van der Waals surface area contributed by atoms with Crippen LogP contribution in [0.1, 0.15) is 42.0 Å². The van der Waals surface area contributed by atoms with Gasteiger partial charge >= 0.3 is 10.5 Å². The Morgan fingerprint density at radius 2 is 1.71 bits per heavy atom. The number of benzene rings is 1. The van der Waals surface area contributed by atoms with E-state index in [-0.39, 0.29) is 0 Å². The summed E-state index contributed by atoms with van der Waals surface area (Å²) in [6.45, 7) is 10.7. The monoisotopic (exact) mass is 205 g/mol. The SMILES string of the molecule is Cc1cc(C)c(C(C)C)c(O[Si])c1C. The molecule has 1 aromatic carbocycles. The molecule has 0 saturated carbocycles. The van der Waals surface area contributed by atoms with Crippen molar-refractivity contribution >= 4 is 10.5 Å². The molecule has 3 radical (unpaired) electrons. The summed E-state index contributed by atoms with van der Waals surface area (Å²) in [4.78, 5) is 0. The second-order valence-electron chi connectivity index (χ2n) is 4.13. The Balaban J connectivity index is 3.47. The lowest BCUT2D eigenvalue weighted by atomic mass is 9.92. The highest BCUT2D eigenvalue weighted by Crippen LogP contribution is 2.34. The summed E-state index contributed by atoms with van der Waals surface area (Å²) >= 11 is 0. The molecule has 0 aromatic heterocycles. The minimum atomic E-state index is 0.487. The van der Waals surface area contributed by atoms with Gasteiger partial charge in [-0.05, 0) is 48.9 Å². The van der Waals surface area contributed by atoms with Crippen LogP contribution in [0.2, 0.25) is 0 Å². The van der Waals surface area contributed by atoms with Crippen molar-refractivity contribution in [1.82, 2.24) is 0 Å². The normalized spacial score (nSPS) is 10.8. The maximum absolute atomic E-state index is 5.30. The fourth-order valence-corrected chi connectivity index (χ4v) is 2.18. The van der Waals surface area contributed by atoms with E-state index in [0.717, 1.165) is 5.75 Å². The summed E-state index contributed by atoms with van der Waals surface area (Å²) in [5.74, 6) is 1.47. The van der Waals surface area contributed by atoms with Crippen molar-refractivity contribution < 1.29 is 4.43 Å². The zero-order valence-electron chi connectivity index (χ0n) is 9.56. The van der Waals surface area contributed by atoms with Gasteiger partial charge in [-0.2, -0.15) is 0 Å². The number of hydrogen-bond donors (Lipinski definition) is 0. The van der Waals surface area contributed by atoms with E-state index in [1.54, 1.807) is 0 Å². The van der Waals surface area contributed by atoms with Crippen molar-refractivity contribution in [2.75, 3.05) is 0 Å². The van der Waals surface area contributed by atoms with Crippen molar-refractivity contribution in [3.8, 4) is 5.75 Å². The Kier molecular flexibility index (Phi) is 3.37. The highest BCUT2D eigenvalue weighted by molar-refractivity contribution is 6.00. The van der Waals surface area contributed by atoms with E-state index < -0.39 is 0 Å². The molecule has 0 N–H and O–H groups in total. The summed E-state index contributed by atoms with van der Waals surface area (Å²) in [6, 6.07) is 2.22. The molecule has 0 aliphatic carbocycles. The van der Waals surface area contributed by atoms with Crippen LogP contribution >= 0.6 is 0 Å². The zero-order valence-corrected chi connectivity index (χ0v) is 10.6. The molecule has 1 nitrogen and oxygen atoms in total. The first kappa shape index (κ1) is 11.3. The summed E-state index contributed by atoms with van der Waals surface area (Å²) in [5, 5.41) is 0. The van der Waals surface area contributed by atoms with Crippen LogP contribution < -0.4 is 4.43 Å². The van der Waals surface area contributed by atoms with Crippen molar-refractivity contribution in [2.24, 2.45) is 0 Å². The predicted octanol–water partition coefficient (Wildman–Crippen LogP) is 3.20. The number of aryl methyl sites for hydroxylation is 2. The molecule has 0 atom stereocenters. The molecular weight excluding hydrogens is 188 g/mol. The summed E-state index contributed by atoms with van der Waals surface area (Å²) in [5.41, 5.74) is 5.09. The minimum Gasteiger partial charge on any atom is -0.540 e. The van der Waals surface area contributed by atoms with Crippen LogP contribution in [0.3, 0.4) is 0 Å². The van der Waals surface area contributed by atoms with Gasteiger partial charge in [-0.1, -0.05) is 19.9 Å². The third-order valence-corrected chi connectivity index (χ3v) is 2.92. The molecular formula is C12H17OSi. The predicted molar refractivity (Wildman–Crippen MR) is 61.1 cm³/mol. The van der Waals surface area contributed by atoms with Crippen LogP contribution in [0.25, 0.3) is 0 Å². The fourth-order valence-electron chi connectivity index (χ4n) is 1.92. The topological polar surface area (TPSA) is 9.23 Å². The second kappa shape index (κ2) is 4.18. The van der Waals surface area contributed by atoms with Crippen molar-refractivity contribution in [3.63, 3.8) is 0 Å². The van der Waals surface area contributed by atoms with E-state index in [9.17, 15) is 0 Å². The average molecular weight is 205 g/mol. The lowest BCUT2D eigenvalue weighted by Gasteiger charge is -2.19. The molecule has 75 valence electrons. The lowest BCUT2D eigenvalue weighted by Crippen LogP contribution is -2.02. The van der Waals surface area contributed by atoms with E-state index >= 15 is 0 Å². The van der Waals surface area contributed by atoms with E-state index in [2.05, 4.69) is 51.2 Å². The van der Waals surface area contributed by atoms with Crippen LogP contribution in [0, 0.1) is 20.8 Å². The fraction of sp³-hybridized carbons (Fsp3) is 0.500. The van der Waals surface area contributed by atoms with Crippen molar-refractivity contribution in [1.29, 1.82) is 0 Å². The first-order valence-corrected chi connectivity index (χ1v) is 5.34. The first-order chi connectivity index (χ1) is 6.49. The Bertz CT molecular complexity index is 343. The van der Waals surface area contributed by atoms with Gasteiger partial charge in [0.2, 0.25) is 0 Å². The molecule has 0 bridgehead atoms. The Morgan fingerprint density at radius 3 is 2.14 bits per heavy atom. The van der Waals surface area contributed by atoms with Crippen molar-refractivity contribution in [3.05, 3.63) is 28.3 Å². The largest absolute Gasteiger partial charge is 0.540 e. The molecule has 1 rings (SSSR count). The van der Waals surface area contributed by atoms with Gasteiger partial charge in [0.25, 0.3) is 0 Å². The van der Waals surface area contributed by atoms with E-state index in [1.165, 1.54) is 22.3 Å². The average Bonchev–Trinajstić information content (AvgIpc) is 2.09. The van der Waals surface area contributed by atoms with E-state index in [4.69, 9.17) is 4.43 Å². The molecule has 14 heavy (non-hydrogen) atoms. The van der Waals surface area contributed by atoms with Crippen LogP contribution in [0.5, 0.6) is 5.75 Å². The van der Waals surface area contributed by atoms with Crippen molar-refractivity contribution in [2.45, 2.75) is 40.5 Å². The van der Waals surface area contributed by atoms with Gasteiger partial charge in [-0.3, -0.25) is 0 Å². The maximum atomic E-state index is 5.30. The van der Waals surface area contributed by atoms with Gasteiger partial charge in [0.15, 0.2) is 0 Å². The van der Waals surface area contributed by atoms with Crippen LogP contribution in [-0.4, -0.2) is 10.5 Å². The van der Waals surface area contributed by atoms with Crippen LogP contribution in [-0.2, 0) is 0 Å². The molecule has 2 heteroatoms. The molecule has 0 aliphatic heterocycles.